The monoisotopic (exact) mass is 313 g/mol. The van der Waals surface area contributed by atoms with Gasteiger partial charge in [0.15, 0.2) is 0 Å². The Balaban J connectivity index is 1.76. The van der Waals surface area contributed by atoms with Crippen LogP contribution < -0.4 is 4.98 Å². The third-order valence-electron chi connectivity index (χ3n) is 4.04. The lowest BCUT2D eigenvalue weighted by molar-refractivity contribution is -0.307. The third-order valence-corrected chi connectivity index (χ3v) is 5.09. The van der Waals surface area contributed by atoms with E-state index >= 15 is 0 Å². The summed E-state index contributed by atoms with van der Waals surface area (Å²) in [4.78, 5) is 19.8. The second-order valence-corrected chi connectivity index (χ2v) is 6.71. The van der Waals surface area contributed by atoms with Gasteiger partial charge in [-0.15, -0.1) is 0 Å². The number of aromatic amines is 1. The van der Waals surface area contributed by atoms with Crippen molar-refractivity contribution in [1.82, 2.24) is 4.90 Å². The fourth-order valence-electron chi connectivity index (χ4n) is 2.83. The molecule has 0 atom stereocenters. The Bertz CT molecular complexity index is 866. The van der Waals surface area contributed by atoms with Crippen molar-refractivity contribution in [2.24, 2.45) is 0 Å². The van der Waals surface area contributed by atoms with Crippen LogP contribution in [0.3, 0.4) is 0 Å². The number of hydrogen-bond donors (Lipinski definition) is 0. The molecule has 2 aromatic heterocycles. The minimum Gasteiger partial charge on any atom is -0.378 e. The summed E-state index contributed by atoms with van der Waals surface area (Å²) in [7, 11) is 0. The smallest absolute Gasteiger partial charge is 0.268 e. The van der Waals surface area contributed by atoms with Gasteiger partial charge in [0.05, 0.1) is 23.5 Å². The molecule has 1 aliphatic rings. The van der Waals surface area contributed by atoms with E-state index < -0.39 is 0 Å². The van der Waals surface area contributed by atoms with Crippen molar-refractivity contribution in [2.75, 3.05) is 26.3 Å². The highest BCUT2D eigenvalue weighted by atomic mass is 32.1. The number of nitrogens with one attached hydrogen (secondary N) is 1. The topological polar surface area (TPSA) is 43.7 Å². The number of carbonyl (C=O) groups excluding carboxylic acids is 1. The van der Waals surface area contributed by atoms with Gasteiger partial charge in [-0.25, -0.2) is 0 Å². The fraction of sp³-hybridized carbons (Fsp3) is 0.294. The number of ether oxygens (including phenoxy) is 1. The van der Waals surface area contributed by atoms with Crippen molar-refractivity contribution in [1.29, 1.82) is 0 Å². The van der Waals surface area contributed by atoms with E-state index in [9.17, 15) is 4.79 Å². The molecule has 1 aromatic carbocycles. The predicted molar refractivity (Wildman–Crippen MR) is 87.3 cm³/mol. The van der Waals surface area contributed by atoms with Crippen LogP contribution in [0.15, 0.2) is 30.3 Å². The average molecular weight is 313 g/mol. The van der Waals surface area contributed by atoms with E-state index in [1.807, 2.05) is 11.0 Å². The molecule has 1 N–H and O–H groups in total. The fourth-order valence-corrected chi connectivity index (χ4v) is 3.85. The number of carbonyl (C=O) groups is 1. The number of fused-ring (bicyclic) bond motifs is 2. The summed E-state index contributed by atoms with van der Waals surface area (Å²) in [6.45, 7) is 4.70. The molecule has 0 saturated carbocycles. The van der Waals surface area contributed by atoms with E-state index in [1.54, 1.807) is 0 Å². The molecule has 22 heavy (non-hydrogen) atoms. The molecule has 3 heterocycles. The molecule has 3 aromatic rings. The molecule has 0 radical (unpaired) electrons. The summed E-state index contributed by atoms with van der Waals surface area (Å²) in [5, 5.41) is 2.26. The van der Waals surface area contributed by atoms with E-state index in [0.29, 0.717) is 26.3 Å². The van der Waals surface area contributed by atoms with Crippen LogP contribution in [0.25, 0.3) is 21.1 Å². The number of thiophene rings is 1. The number of H-pyrrole nitrogens is 1. The van der Waals surface area contributed by atoms with Gasteiger partial charge in [0.25, 0.3) is 10.7 Å². The first-order valence-electron chi connectivity index (χ1n) is 7.44. The zero-order valence-corrected chi connectivity index (χ0v) is 13.2. The van der Waals surface area contributed by atoms with Crippen LogP contribution in [0.5, 0.6) is 0 Å². The molecule has 0 unspecified atom stereocenters. The lowest BCUT2D eigenvalue weighted by Gasteiger charge is -2.26. The number of amides is 1. The normalized spacial score (nSPS) is 15.6. The Hall–Kier alpha value is -1.98. The van der Waals surface area contributed by atoms with Crippen LogP contribution in [0.1, 0.15) is 15.2 Å². The second kappa shape index (κ2) is 5.34. The number of nitrogens with zero attached hydrogens (tertiary/aromatic N) is 1. The maximum Gasteiger partial charge on any atom is 0.268 e. The number of benzene rings is 1. The molecule has 5 heteroatoms. The van der Waals surface area contributed by atoms with E-state index in [4.69, 9.17) is 4.74 Å². The molecular formula is C17H17N2O2S+. The van der Waals surface area contributed by atoms with E-state index in [2.05, 4.69) is 36.2 Å². The van der Waals surface area contributed by atoms with Crippen molar-refractivity contribution < 1.29 is 14.5 Å². The van der Waals surface area contributed by atoms with Crippen LogP contribution in [-0.2, 0) is 4.74 Å². The first kappa shape index (κ1) is 13.7. The summed E-state index contributed by atoms with van der Waals surface area (Å²) in [5.41, 5.74) is 2.34. The summed E-state index contributed by atoms with van der Waals surface area (Å²) < 4.78 is 5.31. The highest BCUT2D eigenvalue weighted by Crippen LogP contribution is 2.26. The van der Waals surface area contributed by atoms with Crippen molar-refractivity contribution in [2.45, 2.75) is 6.92 Å². The summed E-state index contributed by atoms with van der Waals surface area (Å²) in [6.07, 6.45) is 0. The van der Waals surface area contributed by atoms with Crippen LogP contribution in [0.4, 0.5) is 0 Å². The first-order chi connectivity index (χ1) is 10.7. The summed E-state index contributed by atoms with van der Waals surface area (Å²) >= 11 is 1.53. The Morgan fingerprint density at radius 3 is 2.82 bits per heavy atom. The largest absolute Gasteiger partial charge is 0.378 e. The Morgan fingerprint density at radius 1 is 1.18 bits per heavy atom. The van der Waals surface area contributed by atoms with Gasteiger partial charge in [-0.3, -0.25) is 4.79 Å². The maximum absolute atomic E-state index is 12.6. The second-order valence-electron chi connectivity index (χ2n) is 5.66. The average Bonchev–Trinajstić information content (AvgIpc) is 2.95. The molecule has 4 nitrogen and oxygen atoms in total. The predicted octanol–water partition coefficient (Wildman–Crippen LogP) is 2.65. The van der Waals surface area contributed by atoms with E-state index in [1.165, 1.54) is 22.3 Å². The number of aromatic nitrogens is 1. The molecule has 112 valence electrons. The van der Waals surface area contributed by atoms with Gasteiger partial charge in [0.2, 0.25) is 5.52 Å². The number of rotatable bonds is 1. The third kappa shape index (κ3) is 2.36. The van der Waals surface area contributed by atoms with Crippen LogP contribution in [0, 0.1) is 6.92 Å². The number of hydrogen-bond acceptors (Lipinski definition) is 3. The van der Waals surface area contributed by atoms with Crippen LogP contribution >= 0.6 is 11.3 Å². The highest BCUT2D eigenvalue weighted by molar-refractivity contribution is 7.20. The van der Waals surface area contributed by atoms with Gasteiger partial charge >= 0.3 is 0 Å². The molecule has 1 aliphatic heterocycles. The van der Waals surface area contributed by atoms with Crippen molar-refractivity contribution in [3.05, 3.63) is 40.8 Å². The van der Waals surface area contributed by atoms with Crippen molar-refractivity contribution >= 4 is 38.4 Å². The maximum atomic E-state index is 12.6. The Kier molecular flexibility index (Phi) is 3.32. The molecule has 4 rings (SSSR count). The van der Waals surface area contributed by atoms with Crippen LogP contribution in [0.2, 0.25) is 0 Å². The van der Waals surface area contributed by atoms with E-state index in [0.717, 1.165) is 20.6 Å². The highest BCUT2D eigenvalue weighted by Gasteiger charge is 2.22. The summed E-state index contributed by atoms with van der Waals surface area (Å²) in [5.74, 6) is 0.109. The molecule has 1 saturated heterocycles. The standard InChI is InChI=1S/C17H16N2O2S/c1-11-2-3-12-9-13-10-15(22-16(13)18-14(12)8-11)17(20)19-4-6-21-7-5-19/h2-3,8-10H,4-7H2,1H3/p+1. The van der Waals surface area contributed by atoms with Gasteiger partial charge in [-0.1, -0.05) is 17.4 Å². The van der Waals surface area contributed by atoms with Gasteiger partial charge in [-0.2, -0.15) is 4.98 Å². The van der Waals surface area contributed by atoms with Crippen molar-refractivity contribution in [3.8, 4) is 0 Å². The molecule has 1 fully saturated rings. The SMILES string of the molecule is Cc1ccc2cc3cc(C(=O)N4CCOCC4)sc3[nH+]c2c1. The lowest BCUT2D eigenvalue weighted by atomic mass is 10.1. The van der Waals surface area contributed by atoms with Gasteiger partial charge in [0, 0.05) is 24.5 Å². The lowest BCUT2D eigenvalue weighted by Crippen LogP contribution is -2.40. The number of aryl methyl sites for hydroxylation is 1. The zero-order chi connectivity index (χ0) is 15.1. The minimum atomic E-state index is 0.109. The molecule has 1 amide bonds. The van der Waals surface area contributed by atoms with Crippen molar-refractivity contribution in [3.63, 3.8) is 0 Å². The van der Waals surface area contributed by atoms with Gasteiger partial charge in [0.1, 0.15) is 0 Å². The molecule has 0 aliphatic carbocycles. The van der Waals surface area contributed by atoms with Gasteiger partial charge in [-0.05, 0) is 30.7 Å². The molecular weight excluding hydrogens is 296 g/mol. The van der Waals surface area contributed by atoms with Crippen LogP contribution in [-0.4, -0.2) is 37.1 Å². The minimum absolute atomic E-state index is 0.109. The zero-order valence-electron chi connectivity index (χ0n) is 12.4. The van der Waals surface area contributed by atoms with Gasteiger partial charge < -0.3 is 9.64 Å². The Morgan fingerprint density at radius 2 is 2.00 bits per heavy atom. The van der Waals surface area contributed by atoms with E-state index in [-0.39, 0.29) is 5.91 Å². The quantitative estimate of drug-likeness (QED) is 0.693. The number of morpholine rings is 1. The Labute approximate surface area is 132 Å². The molecule has 0 bridgehead atoms. The number of pyridine rings is 1. The first-order valence-corrected chi connectivity index (χ1v) is 8.26. The summed E-state index contributed by atoms with van der Waals surface area (Å²) in [6, 6.07) is 10.5. The molecule has 0 spiro atoms.